The fraction of sp³-hybridized carbons (Fsp3) is 0.160. The summed E-state index contributed by atoms with van der Waals surface area (Å²) in [5.41, 5.74) is 11.9. The number of benzene rings is 2. The highest BCUT2D eigenvalue weighted by Crippen LogP contribution is 2.48. The highest BCUT2D eigenvalue weighted by molar-refractivity contribution is 5.72. The van der Waals surface area contributed by atoms with Gasteiger partial charge in [0.15, 0.2) is 0 Å². The molecule has 7 nitrogen and oxygen atoms in total. The number of rotatable bonds is 4. The SMILES string of the molecule is CCn1ncc(C2C(C#N)=C(N)Oc3c2c(-c2ccccc2)nn3-c2ccccc2)c1C. The number of aryl methyl sites for hydroxylation is 1. The van der Waals surface area contributed by atoms with Gasteiger partial charge in [0.1, 0.15) is 17.3 Å². The molecule has 0 radical (unpaired) electrons. The van der Waals surface area contributed by atoms with Gasteiger partial charge in [-0.05, 0) is 26.0 Å². The molecular formula is C25H22N6O. The van der Waals surface area contributed by atoms with E-state index in [1.54, 1.807) is 4.68 Å². The average Bonchev–Trinajstić information content (AvgIpc) is 3.39. The van der Waals surface area contributed by atoms with Gasteiger partial charge in [-0.3, -0.25) is 4.68 Å². The number of nitriles is 1. The van der Waals surface area contributed by atoms with Gasteiger partial charge in [-0.25, -0.2) is 0 Å². The van der Waals surface area contributed by atoms with Crippen LogP contribution in [0.25, 0.3) is 16.9 Å². The number of hydrogen-bond acceptors (Lipinski definition) is 5. The number of ether oxygens (including phenoxy) is 1. The third-order valence-electron chi connectivity index (χ3n) is 5.85. The van der Waals surface area contributed by atoms with Crippen molar-refractivity contribution in [1.82, 2.24) is 19.6 Å². The Bertz CT molecular complexity index is 1360. The Labute approximate surface area is 186 Å². The second-order valence-corrected chi connectivity index (χ2v) is 7.61. The highest BCUT2D eigenvalue weighted by atomic mass is 16.5. The van der Waals surface area contributed by atoms with Crippen LogP contribution in [0.5, 0.6) is 5.88 Å². The molecule has 0 aliphatic carbocycles. The van der Waals surface area contributed by atoms with E-state index in [-0.39, 0.29) is 5.88 Å². The van der Waals surface area contributed by atoms with Crippen LogP contribution in [0.15, 0.2) is 78.3 Å². The van der Waals surface area contributed by atoms with Gasteiger partial charge in [-0.15, -0.1) is 0 Å². The Morgan fingerprint density at radius 3 is 2.41 bits per heavy atom. The summed E-state index contributed by atoms with van der Waals surface area (Å²) in [5.74, 6) is 0.169. The van der Waals surface area contributed by atoms with Crippen LogP contribution in [0.1, 0.15) is 29.7 Å². The van der Waals surface area contributed by atoms with E-state index in [4.69, 9.17) is 15.6 Å². The molecule has 2 aromatic carbocycles. The monoisotopic (exact) mass is 422 g/mol. The quantitative estimate of drug-likeness (QED) is 0.530. The molecule has 0 spiro atoms. The number of nitrogens with two attached hydrogens (primary N) is 1. The highest BCUT2D eigenvalue weighted by Gasteiger charge is 2.39. The minimum absolute atomic E-state index is 0.0883. The molecular weight excluding hydrogens is 400 g/mol. The number of nitrogens with zero attached hydrogens (tertiary/aromatic N) is 5. The summed E-state index contributed by atoms with van der Waals surface area (Å²) in [6.07, 6.45) is 1.82. The minimum atomic E-state index is -0.434. The predicted octanol–water partition coefficient (Wildman–Crippen LogP) is 4.28. The van der Waals surface area contributed by atoms with E-state index in [0.29, 0.717) is 11.5 Å². The molecule has 2 N–H and O–H groups in total. The van der Waals surface area contributed by atoms with Crippen LogP contribution in [0, 0.1) is 18.3 Å². The van der Waals surface area contributed by atoms with Crippen LogP contribution in [0.2, 0.25) is 0 Å². The summed E-state index contributed by atoms with van der Waals surface area (Å²) in [6.45, 7) is 4.78. The van der Waals surface area contributed by atoms with E-state index < -0.39 is 5.92 Å². The fourth-order valence-corrected chi connectivity index (χ4v) is 4.27. The Balaban J connectivity index is 1.84. The van der Waals surface area contributed by atoms with Crippen molar-refractivity contribution >= 4 is 0 Å². The summed E-state index contributed by atoms with van der Waals surface area (Å²) in [4.78, 5) is 0. The van der Waals surface area contributed by atoms with Gasteiger partial charge in [0.05, 0.1) is 23.4 Å². The van der Waals surface area contributed by atoms with Gasteiger partial charge in [0.25, 0.3) is 0 Å². The largest absolute Gasteiger partial charge is 0.422 e. The third-order valence-corrected chi connectivity index (χ3v) is 5.85. The standard InChI is InChI=1S/C25H22N6O/c1-3-30-16(2)20(15-28-30)21-19(14-26)24(27)32-25-22(21)23(17-10-6-4-7-11-17)29-31(25)18-12-8-5-9-13-18/h4-13,15,21H,3,27H2,1-2H3. The molecule has 0 saturated heterocycles. The number of allylic oxidation sites excluding steroid dienone is 1. The van der Waals surface area contributed by atoms with E-state index in [1.807, 2.05) is 85.4 Å². The maximum atomic E-state index is 10.0. The van der Waals surface area contributed by atoms with E-state index in [9.17, 15) is 5.26 Å². The summed E-state index contributed by atoms with van der Waals surface area (Å²) in [5, 5.41) is 19.5. The summed E-state index contributed by atoms with van der Waals surface area (Å²) >= 11 is 0. The van der Waals surface area contributed by atoms with Crippen LogP contribution < -0.4 is 10.5 Å². The van der Waals surface area contributed by atoms with Crippen molar-refractivity contribution in [2.24, 2.45) is 5.73 Å². The van der Waals surface area contributed by atoms with Crippen molar-refractivity contribution in [1.29, 1.82) is 5.26 Å². The van der Waals surface area contributed by atoms with Crippen molar-refractivity contribution in [2.45, 2.75) is 26.3 Å². The first-order chi connectivity index (χ1) is 15.6. The molecule has 32 heavy (non-hydrogen) atoms. The predicted molar refractivity (Wildman–Crippen MR) is 121 cm³/mol. The molecule has 2 aromatic heterocycles. The van der Waals surface area contributed by atoms with Crippen LogP contribution in [0.3, 0.4) is 0 Å². The minimum Gasteiger partial charge on any atom is -0.422 e. The van der Waals surface area contributed by atoms with Crippen molar-refractivity contribution in [3.05, 3.63) is 95.1 Å². The van der Waals surface area contributed by atoms with Gasteiger partial charge < -0.3 is 10.5 Å². The zero-order valence-corrected chi connectivity index (χ0v) is 17.9. The lowest BCUT2D eigenvalue weighted by molar-refractivity contribution is 0.367. The molecule has 0 fully saturated rings. The van der Waals surface area contributed by atoms with Crippen molar-refractivity contribution in [2.75, 3.05) is 0 Å². The molecule has 4 aromatic rings. The molecule has 3 heterocycles. The second-order valence-electron chi connectivity index (χ2n) is 7.61. The Morgan fingerprint density at radius 2 is 1.78 bits per heavy atom. The average molecular weight is 422 g/mol. The molecule has 0 saturated carbocycles. The first kappa shape index (κ1) is 19.6. The zero-order valence-electron chi connectivity index (χ0n) is 17.9. The Morgan fingerprint density at radius 1 is 1.09 bits per heavy atom. The lowest BCUT2D eigenvalue weighted by Gasteiger charge is -2.25. The number of fused-ring (bicyclic) bond motifs is 1. The van der Waals surface area contributed by atoms with E-state index in [2.05, 4.69) is 11.2 Å². The van der Waals surface area contributed by atoms with Gasteiger partial charge in [0.2, 0.25) is 11.8 Å². The first-order valence-corrected chi connectivity index (χ1v) is 10.5. The van der Waals surface area contributed by atoms with E-state index >= 15 is 0 Å². The van der Waals surface area contributed by atoms with Crippen LogP contribution in [-0.4, -0.2) is 19.6 Å². The summed E-state index contributed by atoms with van der Waals surface area (Å²) in [7, 11) is 0. The number of aromatic nitrogens is 4. The lowest BCUT2D eigenvalue weighted by atomic mass is 9.83. The van der Waals surface area contributed by atoms with Gasteiger partial charge in [-0.2, -0.15) is 20.1 Å². The third kappa shape index (κ3) is 2.96. The molecule has 0 bridgehead atoms. The molecule has 158 valence electrons. The Kier molecular flexibility index (Phi) is 4.75. The second kappa shape index (κ2) is 7.75. The molecule has 0 amide bonds. The van der Waals surface area contributed by atoms with Crippen molar-refractivity contribution in [3.8, 4) is 28.9 Å². The number of hydrogen-bond donors (Lipinski definition) is 1. The van der Waals surface area contributed by atoms with Crippen molar-refractivity contribution < 1.29 is 4.74 Å². The van der Waals surface area contributed by atoms with Crippen LogP contribution >= 0.6 is 0 Å². The van der Waals surface area contributed by atoms with E-state index in [1.165, 1.54) is 0 Å². The van der Waals surface area contributed by atoms with Gasteiger partial charge >= 0.3 is 0 Å². The number of para-hydroxylation sites is 1. The molecule has 5 rings (SSSR count). The summed E-state index contributed by atoms with van der Waals surface area (Å²) in [6, 6.07) is 22.0. The molecule has 7 heteroatoms. The zero-order chi connectivity index (χ0) is 22.2. The summed E-state index contributed by atoms with van der Waals surface area (Å²) < 4.78 is 9.73. The topological polar surface area (TPSA) is 94.7 Å². The van der Waals surface area contributed by atoms with Crippen LogP contribution in [-0.2, 0) is 6.54 Å². The van der Waals surface area contributed by atoms with Gasteiger partial charge in [0, 0.05) is 23.4 Å². The van der Waals surface area contributed by atoms with Crippen LogP contribution in [0.4, 0.5) is 0 Å². The molecule has 1 atom stereocenters. The Hall–Kier alpha value is -4.31. The maximum Gasteiger partial charge on any atom is 0.229 e. The molecule has 1 aliphatic rings. The maximum absolute atomic E-state index is 10.0. The molecule has 1 aliphatic heterocycles. The normalized spacial score (nSPS) is 15.2. The first-order valence-electron chi connectivity index (χ1n) is 10.5. The molecule has 1 unspecified atom stereocenters. The van der Waals surface area contributed by atoms with E-state index in [0.717, 1.165) is 40.3 Å². The van der Waals surface area contributed by atoms with Gasteiger partial charge in [-0.1, -0.05) is 48.5 Å². The van der Waals surface area contributed by atoms with Crippen molar-refractivity contribution in [3.63, 3.8) is 0 Å². The fourth-order valence-electron chi connectivity index (χ4n) is 4.27. The lowest BCUT2D eigenvalue weighted by Crippen LogP contribution is -2.22. The smallest absolute Gasteiger partial charge is 0.229 e.